The molecule has 2 aromatic heterocycles. The van der Waals surface area contributed by atoms with E-state index in [4.69, 9.17) is 0 Å². The fourth-order valence-electron chi connectivity index (χ4n) is 3.40. The Balaban J connectivity index is 1.66. The molecule has 0 saturated heterocycles. The Morgan fingerprint density at radius 3 is 2.45 bits per heavy atom. The van der Waals surface area contributed by atoms with Crippen molar-refractivity contribution < 1.29 is 31.1 Å². The molecule has 164 valence electrons. The third-order valence-electron chi connectivity index (χ3n) is 4.97. The van der Waals surface area contributed by atoms with Crippen LogP contribution >= 0.6 is 0 Å². The number of nitrogens with one attached hydrogen (secondary N) is 1. The van der Waals surface area contributed by atoms with Crippen LogP contribution in [0.5, 0.6) is 0 Å². The minimum Gasteiger partial charge on any atom is -0.324 e. The molecule has 1 amide bonds. The number of rotatable bonds is 4. The second kappa shape index (κ2) is 7.24. The van der Waals surface area contributed by atoms with E-state index in [0.29, 0.717) is 5.69 Å². The predicted molar refractivity (Wildman–Crippen MR) is 99.3 cm³/mol. The Bertz CT molecular complexity index is 1160. The summed E-state index contributed by atoms with van der Waals surface area (Å²) in [6.45, 7) is 0.885. The number of aryl methyl sites for hydroxylation is 1. The lowest BCUT2D eigenvalue weighted by Gasteiger charge is -2.12. The lowest BCUT2D eigenvalue weighted by molar-refractivity contribution is -0.138. The van der Waals surface area contributed by atoms with Gasteiger partial charge in [-0.05, 0) is 44.0 Å². The van der Waals surface area contributed by atoms with Crippen LogP contribution in [0.25, 0.3) is 11.0 Å². The van der Waals surface area contributed by atoms with E-state index < -0.39 is 35.9 Å². The zero-order valence-electron chi connectivity index (χ0n) is 16.1. The topological polar surface area (TPSA) is 59.8 Å². The Labute approximate surface area is 172 Å². The van der Waals surface area contributed by atoms with E-state index in [-0.39, 0.29) is 28.3 Å². The number of carbonyl (C=O) groups excluding carboxylic acids is 1. The molecule has 0 aliphatic heterocycles. The molecule has 5 nitrogen and oxygen atoms in total. The molecule has 0 radical (unpaired) electrons. The van der Waals surface area contributed by atoms with E-state index in [1.807, 2.05) is 0 Å². The van der Waals surface area contributed by atoms with E-state index in [1.54, 1.807) is 0 Å². The molecule has 0 spiro atoms. The van der Waals surface area contributed by atoms with Crippen LogP contribution in [0.3, 0.4) is 0 Å². The maximum atomic E-state index is 13.6. The number of amides is 1. The van der Waals surface area contributed by atoms with Crippen molar-refractivity contribution in [3.8, 4) is 0 Å². The second-order valence-electron chi connectivity index (χ2n) is 7.44. The zero-order chi connectivity index (χ0) is 22.6. The summed E-state index contributed by atoms with van der Waals surface area (Å²) in [6.07, 6.45) is -7.73. The van der Waals surface area contributed by atoms with Gasteiger partial charge in [0.05, 0.1) is 22.2 Å². The highest BCUT2D eigenvalue weighted by atomic mass is 19.4. The Morgan fingerprint density at radius 2 is 1.84 bits per heavy atom. The molecule has 1 fully saturated rings. The number of aromatic nitrogens is 3. The van der Waals surface area contributed by atoms with Gasteiger partial charge in [-0.2, -0.15) is 31.4 Å². The van der Waals surface area contributed by atoms with Gasteiger partial charge in [-0.25, -0.2) is 9.67 Å². The van der Waals surface area contributed by atoms with Crippen molar-refractivity contribution in [2.45, 2.75) is 44.6 Å². The molecular weight excluding hydrogens is 426 g/mol. The number of alkyl halides is 6. The molecule has 31 heavy (non-hydrogen) atoms. The van der Waals surface area contributed by atoms with Crippen LogP contribution < -0.4 is 5.32 Å². The lowest BCUT2D eigenvalue weighted by atomic mass is 10.1. The number of nitrogens with zero attached hydrogens (tertiary/aromatic N) is 3. The second-order valence-corrected chi connectivity index (χ2v) is 7.44. The van der Waals surface area contributed by atoms with Crippen LogP contribution in [0.2, 0.25) is 0 Å². The van der Waals surface area contributed by atoms with E-state index in [9.17, 15) is 31.1 Å². The van der Waals surface area contributed by atoms with Crippen molar-refractivity contribution in [3.05, 3.63) is 52.8 Å². The fourth-order valence-corrected chi connectivity index (χ4v) is 3.40. The number of anilines is 1. The van der Waals surface area contributed by atoms with Gasteiger partial charge in [-0.1, -0.05) is 6.07 Å². The van der Waals surface area contributed by atoms with Crippen molar-refractivity contribution in [2.75, 3.05) is 5.32 Å². The maximum Gasteiger partial charge on any atom is 0.417 e. The molecule has 1 aromatic carbocycles. The van der Waals surface area contributed by atoms with Gasteiger partial charge in [0.1, 0.15) is 6.54 Å². The first-order chi connectivity index (χ1) is 14.4. The summed E-state index contributed by atoms with van der Waals surface area (Å²) < 4.78 is 80.4. The summed E-state index contributed by atoms with van der Waals surface area (Å²) in [6, 6.07) is 5.09. The average molecular weight is 442 g/mol. The number of fused-ring (bicyclic) bond motifs is 1. The quantitative estimate of drug-likeness (QED) is 0.559. The number of halogens is 6. The van der Waals surface area contributed by atoms with Gasteiger partial charge in [0.15, 0.2) is 5.65 Å². The van der Waals surface area contributed by atoms with Crippen LogP contribution in [-0.2, 0) is 23.7 Å². The summed E-state index contributed by atoms with van der Waals surface area (Å²) in [5.41, 5.74) is -1.61. The number of carbonyl (C=O) groups is 1. The maximum absolute atomic E-state index is 13.6. The number of pyridine rings is 1. The van der Waals surface area contributed by atoms with E-state index >= 15 is 0 Å². The summed E-state index contributed by atoms with van der Waals surface area (Å²) in [7, 11) is 0. The fraction of sp³-hybridized carbons (Fsp3) is 0.350. The highest BCUT2D eigenvalue weighted by molar-refractivity contribution is 5.92. The van der Waals surface area contributed by atoms with Gasteiger partial charge in [0.2, 0.25) is 5.91 Å². The first-order valence-electron chi connectivity index (χ1n) is 9.36. The van der Waals surface area contributed by atoms with Crippen molar-refractivity contribution in [1.29, 1.82) is 0 Å². The van der Waals surface area contributed by atoms with Crippen molar-refractivity contribution in [2.24, 2.45) is 0 Å². The highest BCUT2D eigenvalue weighted by Gasteiger charge is 2.37. The van der Waals surface area contributed by atoms with Gasteiger partial charge in [-0.3, -0.25) is 4.79 Å². The van der Waals surface area contributed by atoms with E-state index in [2.05, 4.69) is 15.4 Å². The third kappa shape index (κ3) is 4.35. The van der Waals surface area contributed by atoms with Crippen molar-refractivity contribution in [3.63, 3.8) is 0 Å². The van der Waals surface area contributed by atoms with Gasteiger partial charge in [-0.15, -0.1) is 0 Å². The van der Waals surface area contributed by atoms with Crippen LogP contribution in [0.15, 0.2) is 30.3 Å². The third-order valence-corrected chi connectivity index (χ3v) is 4.97. The molecule has 0 atom stereocenters. The molecule has 1 saturated carbocycles. The summed E-state index contributed by atoms with van der Waals surface area (Å²) in [4.78, 5) is 16.7. The van der Waals surface area contributed by atoms with E-state index in [0.717, 1.165) is 41.8 Å². The molecule has 4 rings (SSSR count). The predicted octanol–water partition coefficient (Wildman–Crippen LogP) is 5.29. The number of benzene rings is 1. The Hall–Kier alpha value is -3.11. The molecule has 1 aliphatic carbocycles. The monoisotopic (exact) mass is 442 g/mol. The van der Waals surface area contributed by atoms with Gasteiger partial charge in [0.25, 0.3) is 0 Å². The zero-order valence-corrected chi connectivity index (χ0v) is 16.1. The molecule has 2 heterocycles. The van der Waals surface area contributed by atoms with E-state index in [1.165, 1.54) is 13.0 Å². The van der Waals surface area contributed by atoms with Gasteiger partial charge >= 0.3 is 12.4 Å². The largest absolute Gasteiger partial charge is 0.417 e. The Morgan fingerprint density at radius 1 is 1.13 bits per heavy atom. The minimum atomic E-state index is -4.62. The standard InChI is InChI=1S/C20H16F6N4O/c1-10-17-14(20(24,25)26)8-15(11-5-6-11)28-18(17)30(29-10)9-16(31)27-13-4-2-3-12(7-13)19(21,22)23/h2-4,7-8,11H,5-6,9H2,1H3,(H,27,31). The van der Waals surface area contributed by atoms with Crippen LogP contribution in [-0.4, -0.2) is 20.7 Å². The Kier molecular flexibility index (Phi) is 4.94. The van der Waals surface area contributed by atoms with Crippen molar-refractivity contribution >= 4 is 22.6 Å². The molecule has 1 aliphatic rings. The van der Waals surface area contributed by atoms with Gasteiger partial charge in [0, 0.05) is 17.3 Å². The van der Waals surface area contributed by atoms with Crippen LogP contribution in [0, 0.1) is 6.92 Å². The summed E-state index contributed by atoms with van der Waals surface area (Å²) in [5.74, 6) is -0.802. The van der Waals surface area contributed by atoms with Crippen LogP contribution in [0.1, 0.15) is 41.3 Å². The lowest BCUT2D eigenvalue weighted by Crippen LogP contribution is -2.20. The minimum absolute atomic E-state index is 0.0593. The summed E-state index contributed by atoms with van der Waals surface area (Å²) in [5, 5.41) is 6.17. The number of hydrogen-bond donors (Lipinski definition) is 1. The highest BCUT2D eigenvalue weighted by Crippen LogP contribution is 2.43. The molecule has 3 aromatic rings. The molecule has 0 bridgehead atoms. The molecule has 11 heteroatoms. The van der Waals surface area contributed by atoms with Crippen molar-refractivity contribution in [1.82, 2.24) is 14.8 Å². The molecular formula is C20H16F6N4O. The summed E-state index contributed by atoms with van der Waals surface area (Å²) >= 11 is 0. The van der Waals surface area contributed by atoms with Crippen LogP contribution in [0.4, 0.5) is 32.0 Å². The SMILES string of the molecule is Cc1nn(CC(=O)Nc2cccc(C(F)(F)F)c2)c2nc(C3CC3)cc(C(F)(F)F)c12. The number of hydrogen-bond acceptors (Lipinski definition) is 3. The smallest absolute Gasteiger partial charge is 0.324 e. The first-order valence-corrected chi connectivity index (χ1v) is 9.36. The first kappa shape index (κ1) is 21.1. The molecule has 1 N–H and O–H groups in total. The molecule has 0 unspecified atom stereocenters. The van der Waals surface area contributed by atoms with Gasteiger partial charge < -0.3 is 5.32 Å². The normalized spacial score (nSPS) is 14.8. The average Bonchev–Trinajstić information content (AvgIpc) is 3.46.